The summed E-state index contributed by atoms with van der Waals surface area (Å²) in [5.41, 5.74) is 6.87. The zero-order chi connectivity index (χ0) is 19.4. The van der Waals surface area contributed by atoms with Crippen LogP contribution in [0.2, 0.25) is 0 Å². The van der Waals surface area contributed by atoms with Gasteiger partial charge in [0, 0.05) is 10.4 Å². The van der Waals surface area contributed by atoms with Crippen molar-refractivity contribution in [3.8, 4) is 16.9 Å². The van der Waals surface area contributed by atoms with Crippen molar-refractivity contribution in [2.75, 3.05) is 7.11 Å². The van der Waals surface area contributed by atoms with Crippen LogP contribution in [0.5, 0.6) is 5.75 Å². The third kappa shape index (κ3) is 4.32. The van der Waals surface area contributed by atoms with Gasteiger partial charge in [-0.05, 0) is 60.5 Å². The van der Waals surface area contributed by atoms with Gasteiger partial charge in [-0.1, -0.05) is 12.1 Å². The second-order valence-corrected chi connectivity index (χ2v) is 6.98. The summed E-state index contributed by atoms with van der Waals surface area (Å²) in [5.74, 6) is -0.617. The van der Waals surface area contributed by atoms with Crippen LogP contribution in [0.1, 0.15) is 24.9 Å². The first kappa shape index (κ1) is 18.6. The molecule has 0 aliphatic rings. The summed E-state index contributed by atoms with van der Waals surface area (Å²) in [4.78, 5) is 25.8. The van der Waals surface area contributed by atoms with Crippen molar-refractivity contribution in [2.45, 2.75) is 6.92 Å². The predicted molar refractivity (Wildman–Crippen MR) is 102 cm³/mol. The molecule has 0 bridgehead atoms. The third-order valence-corrected chi connectivity index (χ3v) is 4.99. The Hall–Kier alpha value is -3.19. The van der Waals surface area contributed by atoms with Gasteiger partial charge in [0.25, 0.3) is 11.8 Å². The first-order valence-corrected chi connectivity index (χ1v) is 8.90. The molecule has 27 heavy (non-hydrogen) atoms. The number of rotatable bonds is 4. The van der Waals surface area contributed by atoms with Crippen molar-refractivity contribution in [3.63, 3.8) is 0 Å². The van der Waals surface area contributed by atoms with Crippen molar-refractivity contribution in [2.24, 2.45) is 0 Å². The first-order valence-electron chi connectivity index (χ1n) is 8.09. The summed E-state index contributed by atoms with van der Waals surface area (Å²) in [5, 5.41) is 0. The number of carbonyl (C=O) groups is 2. The molecule has 7 heteroatoms. The summed E-state index contributed by atoms with van der Waals surface area (Å²) in [6, 6.07) is 14.4. The van der Waals surface area contributed by atoms with E-state index in [1.807, 2.05) is 31.2 Å². The van der Waals surface area contributed by atoms with E-state index < -0.39 is 17.6 Å². The number of hydrogen-bond donors (Lipinski definition) is 2. The van der Waals surface area contributed by atoms with Crippen molar-refractivity contribution >= 4 is 23.2 Å². The van der Waals surface area contributed by atoms with Crippen LogP contribution in [-0.2, 0) is 0 Å². The zero-order valence-corrected chi connectivity index (χ0v) is 15.5. The van der Waals surface area contributed by atoms with Gasteiger partial charge in [-0.3, -0.25) is 20.4 Å². The minimum Gasteiger partial charge on any atom is -0.497 e. The van der Waals surface area contributed by atoms with E-state index in [4.69, 9.17) is 4.74 Å². The molecule has 0 aliphatic heterocycles. The van der Waals surface area contributed by atoms with E-state index in [1.54, 1.807) is 13.2 Å². The van der Waals surface area contributed by atoms with Gasteiger partial charge < -0.3 is 4.74 Å². The molecule has 2 aromatic carbocycles. The summed E-state index contributed by atoms with van der Waals surface area (Å²) < 4.78 is 18.1. The Labute approximate surface area is 159 Å². The standard InChI is InChI=1S/C20H17FN2O3S/c1-12-17(13-5-9-16(26-2)10-6-13)11-18(27-12)20(25)23-22-19(24)14-3-7-15(21)8-4-14/h3-11H,1-2H3,(H,22,24)(H,23,25). The molecule has 0 spiro atoms. The number of aryl methyl sites for hydroxylation is 1. The fourth-order valence-corrected chi connectivity index (χ4v) is 3.44. The Morgan fingerprint density at radius 2 is 1.59 bits per heavy atom. The molecule has 0 radical (unpaired) electrons. The second kappa shape index (κ2) is 8.01. The number of amides is 2. The Morgan fingerprint density at radius 3 is 2.22 bits per heavy atom. The Bertz CT molecular complexity index is 966. The molecule has 0 saturated carbocycles. The van der Waals surface area contributed by atoms with Crippen LogP contribution in [0.3, 0.4) is 0 Å². The molecule has 0 unspecified atom stereocenters. The molecule has 2 amide bonds. The van der Waals surface area contributed by atoms with Gasteiger partial charge in [0.2, 0.25) is 0 Å². The maximum atomic E-state index is 12.9. The summed E-state index contributed by atoms with van der Waals surface area (Å²) in [6.45, 7) is 1.93. The highest BCUT2D eigenvalue weighted by Gasteiger charge is 2.15. The topological polar surface area (TPSA) is 67.4 Å². The molecule has 5 nitrogen and oxygen atoms in total. The second-order valence-electron chi connectivity index (χ2n) is 5.72. The molecule has 0 atom stereocenters. The van der Waals surface area contributed by atoms with Gasteiger partial charge in [0.15, 0.2) is 0 Å². The average Bonchev–Trinajstić information content (AvgIpc) is 3.08. The molecule has 1 heterocycles. The molecular weight excluding hydrogens is 367 g/mol. The summed E-state index contributed by atoms with van der Waals surface area (Å²) in [7, 11) is 1.60. The quantitative estimate of drug-likeness (QED) is 0.670. The molecule has 0 aliphatic carbocycles. The molecule has 3 rings (SSSR count). The van der Waals surface area contributed by atoms with E-state index in [1.165, 1.54) is 35.6 Å². The van der Waals surface area contributed by atoms with Crippen molar-refractivity contribution in [1.82, 2.24) is 10.9 Å². The number of methoxy groups -OCH3 is 1. The molecule has 2 N–H and O–H groups in total. The lowest BCUT2D eigenvalue weighted by atomic mass is 10.1. The monoisotopic (exact) mass is 384 g/mol. The predicted octanol–water partition coefficient (Wildman–Crippen LogP) is 3.95. The zero-order valence-electron chi connectivity index (χ0n) is 14.7. The lowest BCUT2D eigenvalue weighted by Crippen LogP contribution is -2.41. The van der Waals surface area contributed by atoms with Crippen LogP contribution in [0.4, 0.5) is 4.39 Å². The number of hydrogen-bond acceptors (Lipinski definition) is 4. The van der Waals surface area contributed by atoms with Crippen LogP contribution in [0, 0.1) is 12.7 Å². The van der Waals surface area contributed by atoms with Gasteiger partial charge in [-0.2, -0.15) is 0 Å². The largest absolute Gasteiger partial charge is 0.497 e. The number of hydrazine groups is 1. The van der Waals surface area contributed by atoms with Gasteiger partial charge in [-0.15, -0.1) is 11.3 Å². The molecular formula is C20H17FN2O3S. The van der Waals surface area contributed by atoms with E-state index >= 15 is 0 Å². The first-order chi connectivity index (χ1) is 13.0. The third-order valence-electron chi connectivity index (χ3n) is 3.94. The van der Waals surface area contributed by atoms with E-state index in [-0.39, 0.29) is 5.56 Å². The van der Waals surface area contributed by atoms with Crippen LogP contribution >= 0.6 is 11.3 Å². The van der Waals surface area contributed by atoms with Gasteiger partial charge in [-0.25, -0.2) is 4.39 Å². The van der Waals surface area contributed by atoms with Crippen molar-refractivity contribution < 1.29 is 18.7 Å². The smallest absolute Gasteiger partial charge is 0.279 e. The van der Waals surface area contributed by atoms with Gasteiger partial charge >= 0.3 is 0 Å². The Morgan fingerprint density at radius 1 is 0.963 bits per heavy atom. The normalized spacial score (nSPS) is 10.3. The van der Waals surface area contributed by atoms with Crippen LogP contribution in [0.25, 0.3) is 11.1 Å². The minimum atomic E-state index is -0.521. The molecule has 0 saturated heterocycles. The van der Waals surface area contributed by atoms with Crippen LogP contribution < -0.4 is 15.6 Å². The fourth-order valence-electron chi connectivity index (χ4n) is 2.50. The maximum absolute atomic E-state index is 12.9. The van der Waals surface area contributed by atoms with Gasteiger partial charge in [0.1, 0.15) is 11.6 Å². The van der Waals surface area contributed by atoms with Crippen molar-refractivity contribution in [3.05, 3.63) is 75.7 Å². The Balaban J connectivity index is 1.68. The Kier molecular flexibility index (Phi) is 5.52. The minimum absolute atomic E-state index is 0.248. The van der Waals surface area contributed by atoms with E-state index in [0.29, 0.717) is 4.88 Å². The SMILES string of the molecule is COc1ccc(-c2cc(C(=O)NNC(=O)c3ccc(F)cc3)sc2C)cc1. The maximum Gasteiger partial charge on any atom is 0.279 e. The lowest BCUT2D eigenvalue weighted by molar-refractivity contribution is 0.0849. The molecule has 0 fully saturated rings. The number of thiophene rings is 1. The molecule has 1 aromatic heterocycles. The number of nitrogens with one attached hydrogen (secondary N) is 2. The van der Waals surface area contributed by atoms with Gasteiger partial charge in [0.05, 0.1) is 12.0 Å². The van der Waals surface area contributed by atoms with E-state index in [2.05, 4.69) is 10.9 Å². The van der Waals surface area contributed by atoms with E-state index in [9.17, 15) is 14.0 Å². The highest BCUT2D eigenvalue weighted by atomic mass is 32.1. The number of ether oxygens (including phenoxy) is 1. The van der Waals surface area contributed by atoms with E-state index in [0.717, 1.165) is 21.8 Å². The molecule has 3 aromatic rings. The highest BCUT2D eigenvalue weighted by Crippen LogP contribution is 2.31. The number of benzene rings is 2. The van der Waals surface area contributed by atoms with Crippen molar-refractivity contribution in [1.29, 1.82) is 0 Å². The average molecular weight is 384 g/mol. The molecule has 138 valence electrons. The van der Waals surface area contributed by atoms with Crippen LogP contribution in [0.15, 0.2) is 54.6 Å². The lowest BCUT2D eigenvalue weighted by Gasteiger charge is -2.06. The summed E-state index contributed by atoms with van der Waals surface area (Å²) >= 11 is 1.33. The fraction of sp³-hybridized carbons (Fsp3) is 0.100. The summed E-state index contributed by atoms with van der Waals surface area (Å²) in [6.07, 6.45) is 0. The highest BCUT2D eigenvalue weighted by molar-refractivity contribution is 7.14. The number of halogens is 1. The number of carbonyl (C=O) groups excluding carboxylic acids is 2. The van der Waals surface area contributed by atoms with Crippen LogP contribution in [-0.4, -0.2) is 18.9 Å².